The number of halogens is 1. The molecule has 0 radical (unpaired) electrons. The van der Waals surface area contributed by atoms with Crippen LogP contribution >= 0.6 is 11.6 Å². The molecule has 0 fully saturated rings. The minimum absolute atomic E-state index is 0.0310. The number of benzene rings is 1. The van der Waals surface area contributed by atoms with Crippen LogP contribution in [0, 0.1) is 5.41 Å². The molecule has 1 amide bonds. The van der Waals surface area contributed by atoms with E-state index in [1.807, 2.05) is 0 Å². The Hall–Kier alpha value is -1.75. The lowest BCUT2D eigenvalue weighted by atomic mass is 9.94. The lowest BCUT2D eigenvalue weighted by Gasteiger charge is -2.25. The number of rotatable bonds is 2. The van der Waals surface area contributed by atoms with E-state index in [9.17, 15) is 14.7 Å². The maximum atomic E-state index is 12.2. The molecule has 1 aromatic rings. The molecule has 1 aliphatic rings. The first kappa shape index (κ1) is 15.6. The standard InChI is InChI=1S/C15H18ClNO4/c1-15(2,3)14(20)17-11-8-5-4-6-21-12(8)9(13(18)19)7-10(11)16/h7H,4-6H2,1-3H3,(H,17,20)(H,18,19). The second-order valence-electron chi connectivity index (χ2n) is 6.05. The van der Waals surface area contributed by atoms with E-state index in [2.05, 4.69) is 5.32 Å². The van der Waals surface area contributed by atoms with Crippen molar-refractivity contribution in [2.45, 2.75) is 33.6 Å². The predicted octanol–water partition coefficient (Wildman–Crippen LogP) is 3.35. The number of aromatic carboxylic acids is 1. The average molecular weight is 312 g/mol. The molecule has 1 heterocycles. The SMILES string of the molecule is CC(C)(C)C(=O)Nc1c(Cl)cc(C(=O)O)c2c1CCCO2. The van der Waals surface area contributed by atoms with E-state index in [1.165, 1.54) is 6.07 Å². The smallest absolute Gasteiger partial charge is 0.339 e. The van der Waals surface area contributed by atoms with Crippen LogP contribution in [-0.2, 0) is 11.2 Å². The number of carboxylic acid groups (broad SMARTS) is 1. The number of carbonyl (C=O) groups is 2. The van der Waals surface area contributed by atoms with Gasteiger partial charge in [-0.05, 0) is 18.9 Å². The summed E-state index contributed by atoms with van der Waals surface area (Å²) in [5, 5.41) is 12.3. The number of carbonyl (C=O) groups excluding carboxylic acids is 1. The van der Waals surface area contributed by atoms with Crippen molar-refractivity contribution in [3.8, 4) is 5.75 Å². The Morgan fingerprint density at radius 3 is 2.62 bits per heavy atom. The maximum absolute atomic E-state index is 12.2. The van der Waals surface area contributed by atoms with Crippen LogP contribution in [0.1, 0.15) is 43.1 Å². The van der Waals surface area contributed by atoms with Crippen LogP contribution in [0.15, 0.2) is 6.07 Å². The highest BCUT2D eigenvalue weighted by molar-refractivity contribution is 6.34. The van der Waals surface area contributed by atoms with Gasteiger partial charge in [0.15, 0.2) is 0 Å². The summed E-state index contributed by atoms with van der Waals surface area (Å²) in [5.74, 6) is -0.966. The van der Waals surface area contributed by atoms with Crippen LogP contribution in [0.25, 0.3) is 0 Å². The Labute approximate surface area is 128 Å². The Balaban J connectivity index is 2.52. The minimum Gasteiger partial charge on any atom is -0.492 e. The van der Waals surface area contributed by atoms with E-state index in [0.29, 0.717) is 30.0 Å². The summed E-state index contributed by atoms with van der Waals surface area (Å²) in [4.78, 5) is 23.5. The van der Waals surface area contributed by atoms with Crippen LogP contribution in [0.2, 0.25) is 5.02 Å². The molecule has 0 bridgehead atoms. The number of fused-ring (bicyclic) bond motifs is 1. The summed E-state index contributed by atoms with van der Waals surface area (Å²) in [6, 6.07) is 1.33. The van der Waals surface area contributed by atoms with Crippen LogP contribution in [0.5, 0.6) is 5.75 Å². The third kappa shape index (κ3) is 3.13. The van der Waals surface area contributed by atoms with E-state index in [4.69, 9.17) is 16.3 Å². The van der Waals surface area contributed by atoms with E-state index < -0.39 is 11.4 Å². The van der Waals surface area contributed by atoms with Gasteiger partial charge in [-0.1, -0.05) is 32.4 Å². The summed E-state index contributed by atoms with van der Waals surface area (Å²) in [6.07, 6.45) is 1.38. The molecule has 21 heavy (non-hydrogen) atoms. The summed E-state index contributed by atoms with van der Waals surface area (Å²) in [7, 11) is 0. The van der Waals surface area contributed by atoms with Crippen molar-refractivity contribution >= 4 is 29.2 Å². The van der Waals surface area contributed by atoms with Crippen molar-refractivity contribution in [1.29, 1.82) is 0 Å². The number of nitrogens with one attached hydrogen (secondary N) is 1. The van der Waals surface area contributed by atoms with E-state index in [-0.39, 0.29) is 16.5 Å². The van der Waals surface area contributed by atoms with Gasteiger partial charge in [-0.25, -0.2) is 4.79 Å². The normalized spacial score (nSPS) is 14.1. The van der Waals surface area contributed by atoms with Gasteiger partial charge in [-0.3, -0.25) is 4.79 Å². The topological polar surface area (TPSA) is 75.6 Å². The molecule has 1 aliphatic heterocycles. The van der Waals surface area contributed by atoms with Crippen LogP contribution in [0.3, 0.4) is 0 Å². The lowest BCUT2D eigenvalue weighted by Crippen LogP contribution is -2.29. The molecular formula is C15H18ClNO4. The van der Waals surface area contributed by atoms with Crippen molar-refractivity contribution in [3.05, 3.63) is 22.2 Å². The molecule has 2 rings (SSSR count). The van der Waals surface area contributed by atoms with Gasteiger partial charge in [-0.15, -0.1) is 0 Å². The van der Waals surface area contributed by atoms with E-state index in [0.717, 1.165) is 6.42 Å². The number of anilines is 1. The van der Waals surface area contributed by atoms with Gasteiger partial charge in [0, 0.05) is 11.0 Å². The zero-order valence-electron chi connectivity index (χ0n) is 12.2. The van der Waals surface area contributed by atoms with E-state index in [1.54, 1.807) is 20.8 Å². The highest BCUT2D eigenvalue weighted by atomic mass is 35.5. The van der Waals surface area contributed by atoms with Gasteiger partial charge >= 0.3 is 5.97 Å². The fourth-order valence-corrected chi connectivity index (χ4v) is 2.38. The molecule has 2 N–H and O–H groups in total. The van der Waals surface area contributed by atoms with Crippen LogP contribution in [-0.4, -0.2) is 23.6 Å². The Bertz CT molecular complexity index is 605. The number of ether oxygens (including phenoxy) is 1. The fourth-order valence-electron chi connectivity index (χ4n) is 2.11. The van der Waals surface area contributed by atoms with Crippen molar-refractivity contribution in [2.75, 3.05) is 11.9 Å². The first-order chi connectivity index (χ1) is 9.71. The zero-order valence-corrected chi connectivity index (χ0v) is 13.0. The van der Waals surface area contributed by atoms with E-state index >= 15 is 0 Å². The molecule has 0 spiro atoms. The van der Waals surface area contributed by atoms with Crippen molar-refractivity contribution < 1.29 is 19.4 Å². The molecular weight excluding hydrogens is 294 g/mol. The summed E-state index contributed by atoms with van der Waals surface area (Å²) < 4.78 is 5.49. The summed E-state index contributed by atoms with van der Waals surface area (Å²) >= 11 is 6.17. The fraction of sp³-hybridized carbons (Fsp3) is 0.467. The molecule has 114 valence electrons. The van der Waals surface area contributed by atoms with Gasteiger partial charge in [0.2, 0.25) is 5.91 Å². The largest absolute Gasteiger partial charge is 0.492 e. The second kappa shape index (κ2) is 5.56. The molecule has 5 nitrogen and oxygen atoms in total. The van der Waals surface area contributed by atoms with Gasteiger partial charge in [-0.2, -0.15) is 0 Å². The number of hydrogen-bond acceptors (Lipinski definition) is 3. The average Bonchev–Trinajstić information content (AvgIpc) is 2.40. The minimum atomic E-state index is -1.09. The number of amides is 1. The first-order valence-corrected chi connectivity index (χ1v) is 7.12. The van der Waals surface area contributed by atoms with Crippen LogP contribution < -0.4 is 10.1 Å². The lowest BCUT2D eigenvalue weighted by molar-refractivity contribution is -0.123. The van der Waals surface area contributed by atoms with Crippen molar-refractivity contribution in [3.63, 3.8) is 0 Å². The number of hydrogen-bond donors (Lipinski definition) is 2. The Morgan fingerprint density at radius 1 is 1.38 bits per heavy atom. The van der Waals surface area contributed by atoms with Gasteiger partial charge in [0.1, 0.15) is 11.3 Å². The highest BCUT2D eigenvalue weighted by Gasteiger charge is 2.28. The maximum Gasteiger partial charge on any atom is 0.339 e. The molecule has 0 aliphatic carbocycles. The zero-order chi connectivity index (χ0) is 15.8. The number of carboxylic acids is 1. The molecule has 0 atom stereocenters. The summed E-state index contributed by atoms with van der Waals surface area (Å²) in [6.45, 7) is 5.85. The first-order valence-electron chi connectivity index (χ1n) is 6.74. The molecule has 0 saturated heterocycles. The molecule has 0 unspecified atom stereocenters. The predicted molar refractivity (Wildman–Crippen MR) is 80.3 cm³/mol. The third-order valence-electron chi connectivity index (χ3n) is 3.30. The van der Waals surface area contributed by atoms with Crippen molar-refractivity contribution in [1.82, 2.24) is 0 Å². The third-order valence-corrected chi connectivity index (χ3v) is 3.60. The molecule has 0 aromatic heterocycles. The van der Waals surface area contributed by atoms with Gasteiger partial charge < -0.3 is 15.2 Å². The summed E-state index contributed by atoms with van der Waals surface area (Å²) in [5.41, 5.74) is 0.570. The Kier molecular flexibility index (Phi) is 4.14. The van der Waals surface area contributed by atoms with Gasteiger partial charge in [0.05, 0.1) is 17.3 Å². The monoisotopic (exact) mass is 311 g/mol. The molecule has 0 saturated carbocycles. The molecule has 6 heteroatoms. The highest BCUT2D eigenvalue weighted by Crippen LogP contribution is 2.40. The second-order valence-corrected chi connectivity index (χ2v) is 6.46. The quantitative estimate of drug-likeness (QED) is 0.878. The molecule has 1 aromatic carbocycles. The Morgan fingerprint density at radius 2 is 2.05 bits per heavy atom. The van der Waals surface area contributed by atoms with Crippen LogP contribution in [0.4, 0.5) is 5.69 Å². The van der Waals surface area contributed by atoms with Gasteiger partial charge in [0.25, 0.3) is 0 Å². The van der Waals surface area contributed by atoms with Crippen molar-refractivity contribution in [2.24, 2.45) is 5.41 Å².